The molecule has 2 aliphatic carbocycles. The van der Waals surface area contributed by atoms with Gasteiger partial charge in [-0.2, -0.15) is 0 Å². The summed E-state index contributed by atoms with van der Waals surface area (Å²) in [5.41, 5.74) is 8.70. The Morgan fingerprint density at radius 2 is 1.26 bits per heavy atom. The normalized spacial score (nSPS) is 20.5. The molecule has 0 saturated heterocycles. The van der Waals surface area contributed by atoms with Crippen molar-refractivity contribution in [2.24, 2.45) is 0 Å². The van der Waals surface area contributed by atoms with Crippen molar-refractivity contribution in [2.45, 2.75) is 29.2 Å². The van der Waals surface area contributed by atoms with E-state index in [2.05, 4.69) is 85.8 Å². The molecule has 0 nitrogen and oxygen atoms in total. The van der Waals surface area contributed by atoms with E-state index in [1.807, 2.05) is 0 Å². The molecule has 1 heteroatoms. The number of benzene rings is 2. The Labute approximate surface area is 144 Å². The number of hydrogen-bond acceptors (Lipinski definition) is 0. The summed E-state index contributed by atoms with van der Waals surface area (Å²) < 4.78 is 3.86. The maximum absolute atomic E-state index is 2.56. The first-order chi connectivity index (χ1) is 11.2. The van der Waals surface area contributed by atoms with E-state index >= 15 is 0 Å². The molecule has 2 aromatic rings. The molecule has 0 spiro atoms. The summed E-state index contributed by atoms with van der Waals surface area (Å²) in [4.78, 5) is 0. The van der Waals surface area contributed by atoms with Gasteiger partial charge in [0.2, 0.25) is 0 Å². The van der Waals surface area contributed by atoms with Crippen LogP contribution in [-0.4, -0.2) is 4.31 Å². The van der Waals surface area contributed by atoms with Gasteiger partial charge in [0.1, 0.15) is 0 Å². The molecule has 114 valence electrons. The van der Waals surface area contributed by atoms with Gasteiger partial charge in [0.25, 0.3) is 0 Å². The van der Waals surface area contributed by atoms with Crippen LogP contribution in [0.4, 0.5) is 0 Å². The van der Waals surface area contributed by atoms with Gasteiger partial charge in [-0.1, -0.05) is 0 Å². The second-order valence-corrected chi connectivity index (χ2v) is 11.1. The van der Waals surface area contributed by atoms with Crippen molar-refractivity contribution in [3.63, 3.8) is 0 Å². The fourth-order valence-electron chi connectivity index (χ4n) is 3.98. The van der Waals surface area contributed by atoms with E-state index in [4.69, 9.17) is 0 Å². The summed E-state index contributed by atoms with van der Waals surface area (Å²) in [6, 6.07) is 13.9. The Kier molecular flexibility index (Phi) is 3.83. The number of fused-ring (bicyclic) bond motifs is 2. The minimum absolute atomic E-state index is 0.650. The average Bonchev–Trinajstić information content (AvgIpc) is 3.13. The molecule has 4 rings (SSSR count). The van der Waals surface area contributed by atoms with Gasteiger partial charge in [0.05, 0.1) is 0 Å². The molecule has 0 bridgehead atoms. The number of aryl methyl sites for hydroxylation is 2. The summed E-state index contributed by atoms with van der Waals surface area (Å²) in [5, 5.41) is 0. The van der Waals surface area contributed by atoms with E-state index in [0.717, 1.165) is 0 Å². The predicted molar refractivity (Wildman–Crippen MR) is 97.6 cm³/mol. The fourth-order valence-corrected chi connectivity index (χ4v) is 8.65. The summed E-state index contributed by atoms with van der Waals surface area (Å²) in [6.45, 7) is 6.65. The van der Waals surface area contributed by atoms with Gasteiger partial charge in [0.15, 0.2) is 0 Å². The predicted octanol–water partition coefficient (Wildman–Crippen LogP) is 5.58. The van der Waals surface area contributed by atoms with Gasteiger partial charge in [-0.25, -0.2) is 0 Å². The molecule has 0 amide bonds. The molecule has 0 aliphatic heterocycles. The SMILES string of the molecule is C[CH]=[Ti]([CH]1C=Cc2cc(C)ccc21)[CH]1C=Cc2cc(C)ccc21. The number of allylic oxidation sites excluding steroid dienone is 2. The molecule has 0 aromatic heterocycles. The Hall–Kier alpha value is -1.50. The average molecular weight is 334 g/mol. The van der Waals surface area contributed by atoms with Crippen LogP contribution in [0.1, 0.15) is 48.7 Å². The van der Waals surface area contributed by atoms with Crippen LogP contribution in [0.5, 0.6) is 0 Å². The second kappa shape index (κ2) is 5.85. The van der Waals surface area contributed by atoms with Crippen molar-refractivity contribution in [3.05, 3.63) is 81.9 Å². The third kappa shape index (κ3) is 2.55. The Bertz CT molecular complexity index is 798. The van der Waals surface area contributed by atoms with Crippen molar-refractivity contribution < 1.29 is 17.4 Å². The first-order valence-corrected chi connectivity index (χ1v) is 11.1. The first kappa shape index (κ1) is 15.1. The number of hydrogen-bond donors (Lipinski definition) is 0. The van der Waals surface area contributed by atoms with Crippen molar-refractivity contribution in [2.75, 3.05) is 0 Å². The monoisotopic (exact) mass is 334 g/mol. The molecule has 23 heavy (non-hydrogen) atoms. The summed E-state index contributed by atoms with van der Waals surface area (Å²) in [6.07, 6.45) is 9.63. The van der Waals surface area contributed by atoms with Gasteiger partial charge in [0, 0.05) is 0 Å². The Morgan fingerprint density at radius 1 is 0.783 bits per heavy atom. The van der Waals surface area contributed by atoms with Crippen LogP contribution in [0.15, 0.2) is 48.6 Å². The van der Waals surface area contributed by atoms with Crippen molar-refractivity contribution >= 4 is 16.5 Å². The van der Waals surface area contributed by atoms with Crippen LogP contribution >= 0.6 is 0 Å². The van der Waals surface area contributed by atoms with Crippen LogP contribution in [0.25, 0.3) is 12.2 Å². The van der Waals surface area contributed by atoms with E-state index in [0.29, 0.717) is 8.45 Å². The number of rotatable bonds is 2. The van der Waals surface area contributed by atoms with Crippen molar-refractivity contribution in [1.82, 2.24) is 0 Å². The zero-order chi connectivity index (χ0) is 16.0. The first-order valence-electron chi connectivity index (χ1n) is 8.41. The van der Waals surface area contributed by atoms with E-state index in [-0.39, 0.29) is 0 Å². The Balaban J connectivity index is 1.74. The molecule has 0 saturated carbocycles. The van der Waals surface area contributed by atoms with Crippen LogP contribution in [0, 0.1) is 13.8 Å². The summed E-state index contributed by atoms with van der Waals surface area (Å²) >= 11 is -1.45. The van der Waals surface area contributed by atoms with Crippen LogP contribution in [0.3, 0.4) is 0 Å². The quantitative estimate of drug-likeness (QED) is 0.629. The van der Waals surface area contributed by atoms with Gasteiger partial charge in [-0.05, 0) is 0 Å². The van der Waals surface area contributed by atoms with Crippen LogP contribution in [-0.2, 0) is 17.4 Å². The third-order valence-corrected chi connectivity index (χ3v) is 10.00. The van der Waals surface area contributed by atoms with Crippen molar-refractivity contribution in [3.8, 4) is 0 Å². The van der Waals surface area contributed by atoms with E-state index < -0.39 is 17.4 Å². The molecule has 0 fully saturated rings. The standard InChI is InChI=1S/2C10H9.C2H4.Ti/c2*1-8-5-6-9-3-2-4-10(9)7-8;1-2;/h2*2-7H,1H3;1H,2H3;. The van der Waals surface area contributed by atoms with Gasteiger partial charge >= 0.3 is 145 Å². The van der Waals surface area contributed by atoms with Gasteiger partial charge in [-0.15, -0.1) is 0 Å². The second-order valence-electron chi connectivity index (χ2n) is 6.73. The molecular formula is C22H22Ti. The molecular weight excluding hydrogens is 312 g/mol. The van der Waals surface area contributed by atoms with E-state index in [1.54, 1.807) is 11.1 Å². The molecule has 0 heterocycles. The zero-order valence-corrected chi connectivity index (χ0v) is 15.6. The maximum atomic E-state index is 2.56. The van der Waals surface area contributed by atoms with Gasteiger partial charge in [-0.3, -0.25) is 0 Å². The van der Waals surface area contributed by atoms with Gasteiger partial charge < -0.3 is 0 Å². The van der Waals surface area contributed by atoms with E-state index in [9.17, 15) is 0 Å². The van der Waals surface area contributed by atoms with E-state index in [1.165, 1.54) is 22.3 Å². The fraction of sp³-hybridized carbons (Fsp3) is 0.227. The molecule has 0 N–H and O–H groups in total. The molecule has 2 atom stereocenters. The summed E-state index contributed by atoms with van der Waals surface area (Å²) in [5.74, 6) is 0. The molecule has 2 aromatic carbocycles. The zero-order valence-electron chi connectivity index (χ0n) is 14.0. The molecule has 2 aliphatic rings. The van der Waals surface area contributed by atoms with Crippen LogP contribution in [0.2, 0.25) is 0 Å². The minimum atomic E-state index is -1.45. The topological polar surface area (TPSA) is 0 Å². The summed E-state index contributed by atoms with van der Waals surface area (Å²) in [7, 11) is 0. The third-order valence-electron chi connectivity index (χ3n) is 5.14. The van der Waals surface area contributed by atoms with Crippen molar-refractivity contribution in [1.29, 1.82) is 0 Å². The molecule has 2 unspecified atom stereocenters. The van der Waals surface area contributed by atoms with Crippen LogP contribution < -0.4 is 0 Å². The Morgan fingerprint density at radius 3 is 1.70 bits per heavy atom. The molecule has 0 radical (unpaired) electrons.